The Hall–Kier alpha value is -2.30. The molecular weight excluding hydrogens is 270 g/mol. The Balaban J connectivity index is 2.76. The van der Waals surface area contributed by atoms with Gasteiger partial charge in [0.05, 0.1) is 12.1 Å². The van der Waals surface area contributed by atoms with Crippen molar-refractivity contribution in [1.82, 2.24) is 4.57 Å². The van der Waals surface area contributed by atoms with Crippen molar-refractivity contribution in [2.24, 2.45) is 0 Å². The lowest BCUT2D eigenvalue weighted by molar-refractivity contribution is -0.137. The van der Waals surface area contributed by atoms with Gasteiger partial charge in [-0.3, -0.25) is 4.79 Å². The van der Waals surface area contributed by atoms with E-state index in [0.717, 1.165) is 5.52 Å². The predicted octanol–water partition coefficient (Wildman–Crippen LogP) is 2.98. The highest BCUT2D eigenvalue weighted by Gasteiger charge is 2.28. The average molecular weight is 289 g/mol. The number of hydrogen-bond donors (Lipinski definition) is 1. The van der Waals surface area contributed by atoms with E-state index >= 15 is 0 Å². The summed E-state index contributed by atoms with van der Waals surface area (Å²) in [4.78, 5) is 24.2. The number of hydrogen-bond acceptors (Lipinski definition) is 4. The van der Waals surface area contributed by atoms with E-state index in [-0.39, 0.29) is 24.1 Å². The number of benzene rings is 1. The van der Waals surface area contributed by atoms with Gasteiger partial charge in [0, 0.05) is 11.4 Å². The number of phenols is 1. The zero-order valence-corrected chi connectivity index (χ0v) is 12.6. The molecule has 1 heterocycles. The lowest BCUT2D eigenvalue weighted by Crippen LogP contribution is -2.22. The number of aromatic hydroxyl groups is 1. The fraction of sp³-hybridized carbons (Fsp3) is 0.375. The van der Waals surface area contributed by atoms with E-state index in [1.54, 1.807) is 30.5 Å². The highest BCUT2D eigenvalue weighted by molar-refractivity contribution is 6.41. The molecule has 0 aliphatic carbocycles. The number of Topliss-reactive ketones (excluding diaryl/α,β-unsaturated/α-hetero) is 1. The standard InChI is InChI=1S/C16H19NO4/c1-5-21-16(20)15(19)14-10(4)13-11(17(14)9(2)3)7-6-8-12(13)18/h6-9,18H,5H2,1-4H3. The van der Waals surface area contributed by atoms with Crippen LogP contribution in [0.2, 0.25) is 0 Å². The van der Waals surface area contributed by atoms with Crippen molar-refractivity contribution in [1.29, 1.82) is 0 Å². The fourth-order valence-electron chi connectivity index (χ4n) is 2.64. The second kappa shape index (κ2) is 5.60. The van der Waals surface area contributed by atoms with Crippen LogP contribution < -0.4 is 0 Å². The molecule has 0 bridgehead atoms. The molecule has 0 unspecified atom stereocenters. The SMILES string of the molecule is CCOC(=O)C(=O)c1c(C)c2c(O)cccc2n1C(C)C. The number of aromatic nitrogens is 1. The molecule has 112 valence electrons. The highest BCUT2D eigenvalue weighted by atomic mass is 16.5. The van der Waals surface area contributed by atoms with E-state index in [2.05, 4.69) is 0 Å². The molecule has 1 N–H and O–H groups in total. The van der Waals surface area contributed by atoms with Crippen LogP contribution in [0, 0.1) is 6.92 Å². The Morgan fingerprint density at radius 1 is 1.33 bits per heavy atom. The van der Waals surface area contributed by atoms with Crippen LogP contribution in [0.15, 0.2) is 18.2 Å². The number of ketones is 1. The van der Waals surface area contributed by atoms with Crippen molar-refractivity contribution < 1.29 is 19.4 Å². The van der Waals surface area contributed by atoms with Gasteiger partial charge >= 0.3 is 5.97 Å². The van der Waals surface area contributed by atoms with E-state index in [4.69, 9.17) is 4.74 Å². The van der Waals surface area contributed by atoms with Crippen molar-refractivity contribution in [3.05, 3.63) is 29.5 Å². The van der Waals surface area contributed by atoms with Gasteiger partial charge in [-0.15, -0.1) is 0 Å². The maximum absolute atomic E-state index is 12.4. The van der Waals surface area contributed by atoms with Crippen molar-refractivity contribution >= 4 is 22.7 Å². The summed E-state index contributed by atoms with van der Waals surface area (Å²) < 4.78 is 6.58. The number of rotatable bonds is 4. The Morgan fingerprint density at radius 2 is 2.00 bits per heavy atom. The van der Waals surface area contributed by atoms with Crippen LogP contribution in [0.5, 0.6) is 5.75 Å². The lowest BCUT2D eigenvalue weighted by atomic mass is 10.1. The number of phenolic OH excluding ortho intramolecular Hbond substituents is 1. The van der Waals surface area contributed by atoms with Crippen molar-refractivity contribution in [2.45, 2.75) is 33.7 Å². The minimum Gasteiger partial charge on any atom is -0.507 e. The molecule has 1 aromatic heterocycles. The first kappa shape index (κ1) is 15.1. The predicted molar refractivity (Wildman–Crippen MR) is 79.7 cm³/mol. The molecule has 0 spiro atoms. The van der Waals surface area contributed by atoms with E-state index < -0.39 is 11.8 Å². The van der Waals surface area contributed by atoms with Gasteiger partial charge in [-0.05, 0) is 45.4 Å². The van der Waals surface area contributed by atoms with Crippen LogP contribution in [0.25, 0.3) is 10.9 Å². The second-order valence-corrected chi connectivity index (χ2v) is 5.16. The molecular formula is C16H19NO4. The Labute approximate surface area is 123 Å². The second-order valence-electron chi connectivity index (χ2n) is 5.16. The number of fused-ring (bicyclic) bond motifs is 1. The Morgan fingerprint density at radius 3 is 2.57 bits per heavy atom. The molecule has 0 aliphatic heterocycles. The van der Waals surface area contributed by atoms with Crippen LogP contribution in [0.3, 0.4) is 0 Å². The summed E-state index contributed by atoms with van der Waals surface area (Å²) in [6.07, 6.45) is 0. The van der Waals surface area contributed by atoms with E-state index in [1.165, 1.54) is 0 Å². The molecule has 5 nitrogen and oxygen atoms in total. The van der Waals surface area contributed by atoms with Gasteiger partial charge in [-0.2, -0.15) is 0 Å². The lowest BCUT2D eigenvalue weighted by Gasteiger charge is -2.14. The molecule has 0 fully saturated rings. The van der Waals surface area contributed by atoms with Crippen LogP contribution in [0.1, 0.15) is 42.9 Å². The molecule has 0 saturated carbocycles. The van der Waals surface area contributed by atoms with Crippen LogP contribution in [0.4, 0.5) is 0 Å². The van der Waals surface area contributed by atoms with Crippen LogP contribution in [-0.2, 0) is 9.53 Å². The average Bonchev–Trinajstić information content (AvgIpc) is 2.72. The third kappa shape index (κ3) is 2.39. The zero-order valence-electron chi connectivity index (χ0n) is 12.6. The number of nitrogens with zero attached hydrogens (tertiary/aromatic N) is 1. The number of aryl methyl sites for hydroxylation is 1. The summed E-state index contributed by atoms with van der Waals surface area (Å²) in [5.74, 6) is -1.45. The normalized spacial score (nSPS) is 11.1. The molecule has 0 radical (unpaired) electrons. The molecule has 1 aromatic carbocycles. The monoisotopic (exact) mass is 289 g/mol. The van der Waals surface area contributed by atoms with Gasteiger partial charge in [-0.25, -0.2) is 4.79 Å². The number of carbonyl (C=O) groups is 2. The van der Waals surface area contributed by atoms with Crippen LogP contribution in [-0.4, -0.2) is 28.0 Å². The molecule has 21 heavy (non-hydrogen) atoms. The molecule has 0 saturated heterocycles. The molecule has 2 rings (SSSR count). The molecule has 0 atom stereocenters. The first-order valence-corrected chi connectivity index (χ1v) is 6.94. The van der Waals surface area contributed by atoms with Crippen molar-refractivity contribution in [3.63, 3.8) is 0 Å². The number of carbonyl (C=O) groups excluding carboxylic acids is 2. The van der Waals surface area contributed by atoms with Crippen molar-refractivity contribution in [3.8, 4) is 5.75 Å². The summed E-state index contributed by atoms with van der Waals surface area (Å²) in [6, 6.07) is 5.08. The van der Waals surface area contributed by atoms with Gasteiger partial charge in [0.15, 0.2) is 0 Å². The largest absolute Gasteiger partial charge is 0.507 e. The summed E-state index contributed by atoms with van der Waals surface area (Å²) in [6.45, 7) is 7.38. The maximum atomic E-state index is 12.4. The zero-order chi connectivity index (χ0) is 15.7. The fourth-order valence-corrected chi connectivity index (χ4v) is 2.64. The first-order valence-electron chi connectivity index (χ1n) is 6.94. The van der Waals surface area contributed by atoms with Gasteiger partial charge < -0.3 is 14.4 Å². The molecule has 0 aliphatic rings. The van der Waals surface area contributed by atoms with Gasteiger partial charge in [-0.1, -0.05) is 6.07 Å². The summed E-state index contributed by atoms with van der Waals surface area (Å²) in [5.41, 5.74) is 1.60. The van der Waals surface area contributed by atoms with Gasteiger partial charge in [0.25, 0.3) is 5.78 Å². The van der Waals surface area contributed by atoms with E-state index in [1.807, 2.05) is 19.9 Å². The number of esters is 1. The third-order valence-corrected chi connectivity index (χ3v) is 3.44. The van der Waals surface area contributed by atoms with E-state index in [0.29, 0.717) is 10.9 Å². The van der Waals surface area contributed by atoms with E-state index in [9.17, 15) is 14.7 Å². The molecule has 0 amide bonds. The molecule has 2 aromatic rings. The topological polar surface area (TPSA) is 68.5 Å². The van der Waals surface area contributed by atoms with Gasteiger partial charge in [0.2, 0.25) is 0 Å². The van der Waals surface area contributed by atoms with Crippen LogP contribution >= 0.6 is 0 Å². The highest BCUT2D eigenvalue weighted by Crippen LogP contribution is 2.34. The summed E-state index contributed by atoms with van der Waals surface area (Å²) in [7, 11) is 0. The van der Waals surface area contributed by atoms with Gasteiger partial charge in [0.1, 0.15) is 11.4 Å². The smallest absolute Gasteiger partial charge is 0.381 e. The first-order chi connectivity index (χ1) is 9.90. The molecule has 5 heteroatoms. The maximum Gasteiger partial charge on any atom is 0.381 e. The third-order valence-electron chi connectivity index (χ3n) is 3.44. The number of ether oxygens (including phenoxy) is 1. The summed E-state index contributed by atoms with van der Waals surface area (Å²) >= 11 is 0. The minimum atomic E-state index is -0.871. The minimum absolute atomic E-state index is 0.0311. The summed E-state index contributed by atoms with van der Waals surface area (Å²) in [5, 5.41) is 10.7. The quantitative estimate of drug-likeness (QED) is 0.534. The Kier molecular flexibility index (Phi) is 4.02. The van der Waals surface area contributed by atoms with Crippen molar-refractivity contribution in [2.75, 3.05) is 6.61 Å². The Bertz CT molecular complexity index is 713.